The summed E-state index contributed by atoms with van der Waals surface area (Å²) in [6.07, 6.45) is 3.52. The summed E-state index contributed by atoms with van der Waals surface area (Å²) in [5.41, 5.74) is 2.15. The van der Waals surface area contributed by atoms with Gasteiger partial charge in [-0.1, -0.05) is 54.6 Å². The van der Waals surface area contributed by atoms with Crippen LogP contribution in [0.25, 0.3) is 16.4 Å². The average molecular weight is 344 g/mol. The molecule has 5 rings (SSSR count). The molecule has 1 fully saturated rings. The van der Waals surface area contributed by atoms with E-state index in [0.717, 1.165) is 42.0 Å². The highest BCUT2D eigenvalue weighted by atomic mass is 15.6. The van der Waals surface area contributed by atoms with Crippen molar-refractivity contribution in [3.05, 3.63) is 60.2 Å². The highest BCUT2D eigenvalue weighted by Crippen LogP contribution is 2.30. The Balaban J connectivity index is 1.41. The van der Waals surface area contributed by atoms with Gasteiger partial charge in [0.1, 0.15) is 0 Å². The third-order valence-corrected chi connectivity index (χ3v) is 5.33. The Morgan fingerprint density at radius 3 is 2.42 bits per heavy atom. The van der Waals surface area contributed by atoms with Gasteiger partial charge in [0.05, 0.1) is 0 Å². The molecule has 0 amide bonds. The molecule has 4 aromatic rings. The fraction of sp³-hybridized carbons (Fsp3) is 0.300. The highest BCUT2D eigenvalue weighted by molar-refractivity contribution is 5.99. The fourth-order valence-electron chi connectivity index (χ4n) is 3.96. The van der Waals surface area contributed by atoms with Crippen molar-refractivity contribution in [3.8, 4) is 0 Å². The summed E-state index contributed by atoms with van der Waals surface area (Å²) in [4.78, 5) is 2.38. The van der Waals surface area contributed by atoms with E-state index in [1.807, 2.05) is 6.07 Å². The van der Waals surface area contributed by atoms with Gasteiger partial charge in [0.2, 0.25) is 5.65 Å². The molecule has 2 aromatic carbocycles. The van der Waals surface area contributed by atoms with Crippen LogP contribution in [0.15, 0.2) is 54.6 Å². The van der Waals surface area contributed by atoms with Gasteiger partial charge in [-0.15, -0.1) is 14.8 Å². The summed E-state index contributed by atoms with van der Waals surface area (Å²) in [5.74, 6) is 1.72. The van der Waals surface area contributed by atoms with Crippen LogP contribution in [-0.2, 0) is 6.42 Å². The summed E-state index contributed by atoms with van der Waals surface area (Å²) >= 11 is 0. The van der Waals surface area contributed by atoms with Gasteiger partial charge in [0, 0.05) is 23.9 Å². The Kier molecular flexibility index (Phi) is 3.74. The van der Waals surface area contributed by atoms with E-state index in [2.05, 4.69) is 69.0 Å². The summed E-state index contributed by atoms with van der Waals surface area (Å²) in [7, 11) is 0. The van der Waals surface area contributed by atoms with Crippen molar-refractivity contribution in [2.45, 2.75) is 19.3 Å². The Hall–Kier alpha value is -3.02. The Labute approximate surface area is 151 Å². The minimum absolute atomic E-state index is 0.711. The molecule has 0 unspecified atom stereocenters. The minimum Gasteiger partial charge on any atom is -0.355 e. The smallest absolute Gasteiger partial charge is 0.207 e. The van der Waals surface area contributed by atoms with Crippen molar-refractivity contribution in [1.29, 1.82) is 0 Å². The molecule has 0 aliphatic carbocycles. The number of rotatable bonds is 3. The summed E-state index contributed by atoms with van der Waals surface area (Å²) < 4.78 is 1.55. The number of anilines is 1. The van der Waals surface area contributed by atoms with Crippen molar-refractivity contribution in [1.82, 2.24) is 25.3 Å². The van der Waals surface area contributed by atoms with E-state index in [-0.39, 0.29) is 0 Å². The van der Waals surface area contributed by atoms with Gasteiger partial charge in [0.25, 0.3) is 0 Å². The van der Waals surface area contributed by atoms with Crippen molar-refractivity contribution in [2.75, 3.05) is 18.0 Å². The zero-order valence-electron chi connectivity index (χ0n) is 14.5. The van der Waals surface area contributed by atoms with Gasteiger partial charge >= 0.3 is 0 Å². The normalized spacial score (nSPS) is 15.8. The van der Waals surface area contributed by atoms with Crippen LogP contribution in [-0.4, -0.2) is 38.3 Å². The summed E-state index contributed by atoms with van der Waals surface area (Å²) in [6.45, 7) is 2.03. The predicted molar refractivity (Wildman–Crippen MR) is 101 cm³/mol. The first-order valence-electron chi connectivity index (χ1n) is 9.14. The van der Waals surface area contributed by atoms with Gasteiger partial charge in [-0.3, -0.25) is 0 Å². The van der Waals surface area contributed by atoms with Crippen molar-refractivity contribution in [2.24, 2.45) is 5.92 Å². The topological polar surface area (TPSA) is 59.2 Å². The molecule has 3 heterocycles. The van der Waals surface area contributed by atoms with E-state index >= 15 is 0 Å². The Bertz CT molecular complexity index is 1030. The molecule has 2 aromatic heterocycles. The van der Waals surface area contributed by atoms with Crippen molar-refractivity contribution >= 4 is 22.2 Å². The van der Waals surface area contributed by atoms with Crippen LogP contribution in [0.1, 0.15) is 18.4 Å². The monoisotopic (exact) mass is 344 g/mol. The molecule has 1 aliphatic heterocycles. The third-order valence-electron chi connectivity index (χ3n) is 5.33. The van der Waals surface area contributed by atoms with Crippen LogP contribution in [0.4, 0.5) is 5.82 Å². The zero-order valence-corrected chi connectivity index (χ0v) is 14.5. The molecular formula is C20H20N6. The van der Waals surface area contributed by atoms with Gasteiger partial charge < -0.3 is 4.90 Å². The molecule has 0 spiro atoms. The number of aromatic nitrogens is 5. The van der Waals surface area contributed by atoms with E-state index in [0.29, 0.717) is 5.65 Å². The lowest BCUT2D eigenvalue weighted by Gasteiger charge is -2.33. The molecule has 6 heteroatoms. The Morgan fingerprint density at radius 2 is 1.62 bits per heavy atom. The molecule has 6 nitrogen and oxygen atoms in total. The van der Waals surface area contributed by atoms with Gasteiger partial charge in [-0.2, -0.15) is 0 Å². The molecule has 1 saturated heterocycles. The first-order chi connectivity index (χ1) is 12.9. The number of fused-ring (bicyclic) bond motifs is 3. The highest BCUT2D eigenvalue weighted by Gasteiger charge is 2.23. The van der Waals surface area contributed by atoms with E-state index in [1.165, 1.54) is 18.4 Å². The van der Waals surface area contributed by atoms with Gasteiger partial charge in [0.15, 0.2) is 5.82 Å². The van der Waals surface area contributed by atoms with E-state index in [4.69, 9.17) is 5.10 Å². The summed E-state index contributed by atoms with van der Waals surface area (Å²) in [6, 6.07) is 19.0. The first kappa shape index (κ1) is 15.3. The molecule has 0 bridgehead atoms. The zero-order chi connectivity index (χ0) is 17.3. The van der Waals surface area contributed by atoms with Gasteiger partial charge in [-0.05, 0) is 41.2 Å². The Morgan fingerprint density at radius 1 is 0.885 bits per heavy atom. The number of piperidine rings is 1. The van der Waals surface area contributed by atoms with Crippen LogP contribution < -0.4 is 4.90 Å². The second kappa shape index (κ2) is 6.37. The molecule has 26 heavy (non-hydrogen) atoms. The van der Waals surface area contributed by atoms with Crippen molar-refractivity contribution < 1.29 is 0 Å². The number of nitrogens with zero attached hydrogens (tertiary/aromatic N) is 6. The third kappa shape index (κ3) is 2.67. The number of benzene rings is 2. The molecule has 0 N–H and O–H groups in total. The second-order valence-corrected chi connectivity index (χ2v) is 6.98. The maximum absolute atomic E-state index is 4.70. The molecule has 130 valence electrons. The van der Waals surface area contributed by atoms with Gasteiger partial charge in [-0.25, -0.2) is 0 Å². The average Bonchev–Trinajstić information content (AvgIpc) is 3.18. The standard InChI is InChI=1S/C20H20N6/c1-2-6-15(7-3-1)14-16-10-12-25(13-11-16)20-18-9-5-4-8-17(18)19-21-23-24-26(19)22-20/h1-9,16H,10-14H2. The summed E-state index contributed by atoms with van der Waals surface area (Å²) in [5, 5.41) is 18.8. The van der Waals surface area contributed by atoms with E-state index in [9.17, 15) is 0 Å². The quantitative estimate of drug-likeness (QED) is 0.571. The maximum Gasteiger partial charge on any atom is 0.207 e. The molecule has 0 radical (unpaired) electrons. The van der Waals surface area contributed by atoms with Crippen LogP contribution in [0, 0.1) is 5.92 Å². The number of tetrazole rings is 1. The lowest BCUT2D eigenvalue weighted by Crippen LogP contribution is -2.35. The molecule has 1 aliphatic rings. The van der Waals surface area contributed by atoms with E-state index in [1.54, 1.807) is 4.63 Å². The van der Waals surface area contributed by atoms with Crippen LogP contribution >= 0.6 is 0 Å². The van der Waals surface area contributed by atoms with Crippen LogP contribution in [0.3, 0.4) is 0 Å². The second-order valence-electron chi connectivity index (χ2n) is 6.98. The van der Waals surface area contributed by atoms with E-state index < -0.39 is 0 Å². The molecule has 0 saturated carbocycles. The largest absolute Gasteiger partial charge is 0.355 e. The lowest BCUT2D eigenvalue weighted by molar-refractivity contribution is 0.402. The number of hydrogen-bond acceptors (Lipinski definition) is 5. The molecule has 0 atom stereocenters. The number of hydrogen-bond donors (Lipinski definition) is 0. The SMILES string of the molecule is c1ccc(CC2CCN(c3nn4nnnc4c4ccccc34)CC2)cc1. The molecular weight excluding hydrogens is 324 g/mol. The first-order valence-corrected chi connectivity index (χ1v) is 9.14. The minimum atomic E-state index is 0.711. The fourth-order valence-corrected chi connectivity index (χ4v) is 3.96. The van der Waals surface area contributed by atoms with Crippen molar-refractivity contribution in [3.63, 3.8) is 0 Å². The predicted octanol–water partition coefficient (Wildman–Crippen LogP) is 3.13. The van der Waals surface area contributed by atoms with Crippen LogP contribution in [0.5, 0.6) is 0 Å². The van der Waals surface area contributed by atoms with Crippen LogP contribution in [0.2, 0.25) is 0 Å². The maximum atomic E-state index is 4.70. The lowest BCUT2D eigenvalue weighted by atomic mass is 9.90.